The van der Waals surface area contributed by atoms with Gasteiger partial charge in [-0.05, 0) is 83.3 Å². The highest BCUT2D eigenvalue weighted by atomic mass is 14.8. The summed E-state index contributed by atoms with van der Waals surface area (Å²) in [5.41, 5.74) is 11.2. The van der Waals surface area contributed by atoms with Crippen molar-refractivity contribution < 1.29 is 0 Å². The van der Waals surface area contributed by atoms with Crippen molar-refractivity contribution in [2.24, 2.45) is 0 Å². The molecule has 4 aromatic carbocycles. The van der Waals surface area contributed by atoms with Crippen LogP contribution in [0, 0.1) is 0 Å². The van der Waals surface area contributed by atoms with Crippen LogP contribution in [0.15, 0.2) is 109 Å². The molecule has 0 aliphatic rings. The van der Waals surface area contributed by atoms with Gasteiger partial charge in [-0.2, -0.15) is 0 Å². The molecule has 0 aliphatic heterocycles. The number of hydrogen-bond donors (Lipinski definition) is 0. The van der Waals surface area contributed by atoms with E-state index in [1.165, 1.54) is 86.5 Å². The second-order valence-corrected chi connectivity index (χ2v) is 12.3. The van der Waals surface area contributed by atoms with E-state index in [4.69, 9.17) is 9.97 Å². The van der Waals surface area contributed by atoms with Crippen molar-refractivity contribution in [3.63, 3.8) is 0 Å². The van der Waals surface area contributed by atoms with E-state index in [0.717, 1.165) is 33.2 Å². The quantitative estimate of drug-likeness (QED) is 0.0636. The number of allylic oxidation sites excluding steroid dienone is 4. The molecule has 0 unspecified atom stereocenters. The Bertz CT molecular complexity index is 1650. The summed E-state index contributed by atoms with van der Waals surface area (Å²) in [4.78, 5) is 9.83. The number of aryl methyl sites for hydroxylation is 2. The van der Waals surface area contributed by atoms with Gasteiger partial charge in [0.05, 0.1) is 22.1 Å². The summed E-state index contributed by atoms with van der Waals surface area (Å²) in [5.74, 6) is 0. The molecule has 0 amide bonds. The molecule has 1 aromatic heterocycles. The zero-order chi connectivity index (χ0) is 31.8. The fraction of sp³-hybridized carbons (Fsp3) is 0.273. The van der Waals surface area contributed by atoms with E-state index in [-0.39, 0.29) is 0 Å². The normalized spacial score (nSPS) is 12.2. The summed E-state index contributed by atoms with van der Waals surface area (Å²) >= 11 is 0. The largest absolute Gasteiger partial charge is 0.244 e. The third-order valence-electron chi connectivity index (χ3n) is 8.46. The van der Waals surface area contributed by atoms with E-state index in [1.807, 2.05) is 0 Å². The van der Waals surface area contributed by atoms with Crippen molar-refractivity contribution in [1.29, 1.82) is 0 Å². The lowest BCUT2D eigenvalue weighted by Crippen LogP contribution is -1.88. The maximum absolute atomic E-state index is 4.91. The Hall–Kier alpha value is -4.56. The molecule has 234 valence electrons. The summed E-state index contributed by atoms with van der Waals surface area (Å²) < 4.78 is 0. The average Bonchev–Trinajstić information content (AvgIpc) is 3.09. The van der Waals surface area contributed by atoms with E-state index >= 15 is 0 Å². The lowest BCUT2D eigenvalue weighted by atomic mass is 10.0. The Morgan fingerprint density at radius 1 is 0.391 bits per heavy atom. The zero-order valence-corrected chi connectivity index (χ0v) is 27.7. The second kappa shape index (κ2) is 17.8. The van der Waals surface area contributed by atoms with Crippen LogP contribution in [0.3, 0.4) is 0 Å². The van der Waals surface area contributed by atoms with Crippen molar-refractivity contribution in [1.82, 2.24) is 9.97 Å². The van der Waals surface area contributed by atoms with E-state index < -0.39 is 0 Å². The molecule has 2 nitrogen and oxygen atoms in total. The average molecular weight is 605 g/mol. The van der Waals surface area contributed by atoms with Crippen LogP contribution in [0.5, 0.6) is 0 Å². The first-order valence-corrected chi connectivity index (χ1v) is 17.3. The molecular formula is C44H48N2. The van der Waals surface area contributed by atoms with Gasteiger partial charge in [0.1, 0.15) is 0 Å². The highest BCUT2D eigenvalue weighted by Gasteiger charge is 2.03. The van der Waals surface area contributed by atoms with Crippen molar-refractivity contribution in [3.8, 4) is 0 Å². The number of aromatic nitrogens is 2. The Morgan fingerprint density at radius 2 is 0.761 bits per heavy atom. The Kier molecular flexibility index (Phi) is 12.7. The van der Waals surface area contributed by atoms with Gasteiger partial charge < -0.3 is 0 Å². The van der Waals surface area contributed by atoms with Crippen LogP contribution in [0.25, 0.3) is 46.4 Å². The van der Waals surface area contributed by atoms with Crippen LogP contribution >= 0.6 is 0 Å². The molecule has 5 aromatic rings. The minimum atomic E-state index is 0.907. The molecule has 0 saturated heterocycles. The van der Waals surface area contributed by atoms with Crippen LogP contribution in [-0.2, 0) is 12.8 Å². The van der Waals surface area contributed by atoms with Gasteiger partial charge in [0.15, 0.2) is 0 Å². The minimum Gasteiger partial charge on any atom is -0.244 e. The topological polar surface area (TPSA) is 25.8 Å². The summed E-state index contributed by atoms with van der Waals surface area (Å²) in [6, 6.07) is 30.4. The maximum atomic E-state index is 4.91. The first-order valence-electron chi connectivity index (χ1n) is 17.3. The molecule has 0 saturated carbocycles. The van der Waals surface area contributed by atoms with Crippen LogP contribution in [-0.4, -0.2) is 9.97 Å². The number of fused-ring (bicyclic) bond motifs is 2. The summed E-state index contributed by atoms with van der Waals surface area (Å²) in [5, 5.41) is 0. The molecule has 46 heavy (non-hydrogen) atoms. The third kappa shape index (κ3) is 10.2. The number of nitrogens with zero attached hydrogens (tertiary/aromatic N) is 2. The standard InChI is InChI=1S/C44H48N2/c1-3-5-7-9-15-35-21-25-37(26-22-35)17-11-13-19-39-29-31-41-43(33-39)45-42-32-30-40(34-44(42)46-41)20-14-12-18-38-27-23-36(24-28-38)16-10-8-6-4-2/h11-14,17-34H,3-10,15-16H2,1-2H3. The van der Waals surface area contributed by atoms with Gasteiger partial charge in [0.2, 0.25) is 0 Å². The molecule has 5 rings (SSSR count). The predicted octanol–water partition coefficient (Wildman–Crippen LogP) is 12.5. The van der Waals surface area contributed by atoms with Gasteiger partial charge in [0, 0.05) is 0 Å². The van der Waals surface area contributed by atoms with Crippen molar-refractivity contribution in [2.45, 2.75) is 78.1 Å². The molecule has 0 radical (unpaired) electrons. The molecule has 0 aliphatic carbocycles. The monoisotopic (exact) mass is 604 g/mol. The van der Waals surface area contributed by atoms with Gasteiger partial charge in [-0.3, -0.25) is 0 Å². The summed E-state index contributed by atoms with van der Waals surface area (Å²) in [6.45, 7) is 4.52. The second-order valence-electron chi connectivity index (χ2n) is 12.3. The molecule has 0 N–H and O–H groups in total. The Balaban J connectivity index is 1.15. The van der Waals surface area contributed by atoms with E-state index in [0.29, 0.717) is 0 Å². The maximum Gasteiger partial charge on any atom is 0.0900 e. The zero-order valence-electron chi connectivity index (χ0n) is 27.7. The van der Waals surface area contributed by atoms with Crippen molar-refractivity contribution in [2.75, 3.05) is 0 Å². The highest BCUT2D eigenvalue weighted by Crippen LogP contribution is 2.20. The van der Waals surface area contributed by atoms with Gasteiger partial charge in [-0.1, -0.05) is 162 Å². The predicted molar refractivity (Wildman–Crippen MR) is 202 cm³/mol. The van der Waals surface area contributed by atoms with Crippen molar-refractivity contribution in [3.05, 3.63) is 143 Å². The Morgan fingerprint density at radius 3 is 1.15 bits per heavy atom. The molecule has 0 atom stereocenters. The number of rotatable bonds is 16. The lowest BCUT2D eigenvalue weighted by molar-refractivity contribution is 0.667. The first-order chi connectivity index (χ1) is 22.7. The minimum absolute atomic E-state index is 0.907. The van der Waals surface area contributed by atoms with Gasteiger partial charge in [0.25, 0.3) is 0 Å². The van der Waals surface area contributed by atoms with E-state index in [2.05, 4.69) is 147 Å². The van der Waals surface area contributed by atoms with E-state index in [1.54, 1.807) is 0 Å². The molecule has 2 heteroatoms. The number of unbranched alkanes of at least 4 members (excludes halogenated alkanes) is 6. The van der Waals surface area contributed by atoms with Crippen LogP contribution in [0.4, 0.5) is 0 Å². The molecule has 0 spiro atoms. The smallest absolute Gasteiger partial charge is 0.0900 e. The summed E-state index contributed by atoms with van der Waals surface area (Å²) in [7, 11) is 0. The van der Waals surface area contributed by atoms with Crippen molar-refractivity contribution >= 4 is 46.4 Å². The molecule has 1 heterocycles. The van der Waals surface area contributed by atoms with Crippen LogP contribution in [0.1, 0.15) is 98.6 Å². The fourth-order valence-corrected chi connectivity index (χ4v) is 5.69. The number of benzene rings is 4. The van der Waals surface area contributed by atoms with Crippen LogP contribution < -0.4 is 0 Å². The SMILES string of the molecule is CCCCCCc1ccc(C=CC=Cc2ccc3nc4cc(C=CC=Cc5ccc(CCCCCC)cc5)ccc4nc3c2)cc1. The molecule has 0 fully saturated rings. The van der Waals surface area contributed by atoms with Gasteiger partial charge in [-0.25, -0.2) is 9.97 Å². The lowest BCUT2D eigenvalue weighted by Gasteiger charge is -2.03. The van der Waals surface area contributed by atoms with Gasteiger partial charge in [-0.15, -0.1) is 0 Å². The molecule has 0 bridgehead atoms. The highest BCUT2D eigenvalue weighted by molar-refractivity contribution is 5.88. The van der Waals surface area contributed by atoms with Gasteiger partial charge >= 0.3 is 0 Å². The van der Waals surface area contributed by atoms with Crippen LogP contribution in [0.2, 0.25) is 0 Å². The summed E-state index contributed by atoms with van der Waals surface area (Å²) in [6.07, 6.45) is 29.7. The molecular weight excluding hydrogens is 556 g/mol. The Labute approximate surface area is 276 Å². The number of hydrogen-bond acceptors (Lipinski definition) is 2. The third-order valence-corrected chi connectivity index (χ3v) is 8.46. The van der Waals surface area contributed by atoms with E-state index in [9.17, 15) is 0 Å². The first kappa shape index (κ1) is 32.8. The fourth-order valence-electron chi connectivity index (χ4n) is 5.69.